The van der Waals surface area contributed by atoms with E-state index in [9.17, 15) is 4.79 Å². The number of rotatable bonds is 5. The topological polar surface area (TPSA) is 42.0 Å². The van der Waals surface area contributed by atoms with Crippen LogP contribution >= 0.6 is 0 Å². The van der Waals surface area contributed by atoms with Crippen LogP contribution < -0.4 is 0 Å². The lowest BCUT2D eigenvalue weighted by Crippen LogP contribution is -2.52. The van der Waals surface area contributed by atoms with Crippen molar-refractivity contribution in [1.82, 2.24) is 9.80 Å². The van der Waals surface area contributed by atoms with E-state index in [-0.39, 0.29) is 5.97 Å². The molecule has 0 saturated carbocycles. The fourth-order valence-corrected chi connectivity index (χ4v) is 3.24. The molecule has 1 unspecified atom stereocenters. The van der Waals surface area contributed by atoms with Gasteiger partial charge in [-0.15, -0.1) is 0 Å². The lowest BCUT2D eigenvalue weighted by molar-refractivity contribution is -0.145. The number of ether oxygens (including phenoxy) is 2. The van der Waals surface area contributed by atoms with Gasteiger partial charge in [0.05, 0.1) is 13.0 Å². The molecular weight excluding hydrogens is 256 g/mol. The molecule has 2 aliphatic heterocycles. The maximum absolute atomic E-state index is 11.9. The van der Waals surface area contributed by atoms with Crippen molar-refractivity contribution in [3.05, 3.63) is 0 Å². The molecule has 0 amide bonds. The van der Waals surface area contributed by atoms with Gasteiger partial charge in [-0.2, -0.15) is 0 Å². The largest absolute Gasteiger partial charge is 0.466 e. The molecule has 5 nitrogen and oxygen atoms in total. The molecule has 2 aliphatic rings. The predicted molar refractivity (Wildman–Crippen MR) is 77.7 cm³/mol. The SMILES string of the molecule is CCOC(=O)CC(C1CCOCC1)N1CCN(C)CC1. The highest BCUT2D eigenvalue weighted by Gasteiger charge is 2.32. The minimum absolute atomic E-state index is 0.0529. The third-order valence-electron chi connectivity index (χ3n) is 4.50. The first-order valence-electron chi connectivity index (χ1n) is 7.86. The Bertz CT molecular complexity index is 297. The maximum atomic E-state index is 11.9. The Kier molecular flexibility index (Phi) is 6.26. The molecule has 116 valence electrons. The van der Waals surface area contributed by atoms with Crippen LogP contribution in [0.25, 0.3) is 0 Å². The van der Waals surface area contributed by atoms with E-state index >= 15 is 0 Å². The number of hydrogen-bond donors (Lipinski definition) is 0. The lowest BCUT2D eigenvalue weighted by Gasteiger charge is -2.42. The highest BCUT2D eigenvalue weighted by Crippen LogP contribution is 2.26. The van der Waals surface area contributed by atoms with Crippen LogP contribution in [0.2, 0.25) is 0 Å². The second-order valence-corrected chi connectivity index (χ2v) is 5.87. The minimum Gasteiger partial charge on any atom is -0.466 e. The molecule has 0 spiro atoms. The van der Waals surface area contributed by atoms with Gasteiger partial charge in [-0.3, -0.25) is 9.69 Å². The van der Waals surface area contributed by atoms with Gasteiger partial charge in [0.2, 0.25) is 0 Å². The van der Waals surface area contributed by atoms with Crippen molar-refractivity contribution >= 4 is 5.97 Å². The second kappa shape index (κ2) is 7.96. The Morgan fingerprint density at radius 1 is 1.25 bits per heavy atom. The molecule has 20 heavy (non-hydrogen) atoms. The van der Waals surface area contributed by atoms with Gasteiger partial charge in [-0.1, -0.05) is 0 Å². The summed E-state index contributed by atoms with van der Waals surface area (Å²) in [5.41, 5.74) is 0. The summed E-state index contributed by atoms with van der Waals surface area (Å²) in [6, 6.07) is 0.326. The number of piperazine rings is 1. The van der Waals surface area contributed by atoms with Crippen molar-refractivity contribution in [2.75, 3.05) is 53.0 Å². The predicted octanol–water partition coefficient (Wildman–Crippen LogP) is 0.982. The first-order valence-corrected chi connectivity index (χ1v) is 7.86. The third kappa shape index (κ3) is 4.43. The summed E-state index contributed by atoms with van der Waals surface area (Å²) < 4.78 is 10.6. The van der Waals surface area contributed by atoms with Crippen LogP contribution in [0.3, 0.4) is 0 Å². The summed E-state index contributed by atoms with van der Waals surface area (Å²) in [6.07, 6.45) is 2.66. The van der Waals surface area contributed by atoms with Gasteiger partial charge >= 0.3 is 5.97 Å². The van der Waals surface area contributed by atoms with Crippen LogP contribution in [0.5, 0.6) is 0 Å². The first-order chi connectivity index (χ1) is 9.70. The molecule has 2 heterocycles. The fraction of sp³-hybridized carbons (Fsp3) is 0.933. The fourth-order valence-electron chi connectivity index (χ4n) is 3.24. The quantitative estimate of drug-likeness (QED) is 0.704. The monoisotopic (exact) mass is 284 g/mol. The van der Waals surface area contributed by atoms with Crippen LogP contribution in [0.1, 0.15) is 26.2 Å². The van der Waals surface area contributed by atoms with E-state index in [0.29, 0.717) is 25.0 Å². The van der Waals surface area contributed by atoms with Crippen LogP contribution in [0.15, 0.2) is 0 Å². The molecule has 5 heteroatoms. The zero-order valence-electron chi connectivity index (χ0n) is 12.8. The van der Waals surface area contributed by atoms with Crippen molar-refractivity contribution in [3.8, 4) is 0 Å². The molecule has 0 aromatic carbocycles. The molecule has 0 N–H and O–H groups in total. The van der Waals surface area contributed by atoms with Crippen LogP contribution in [0, 0.1) is 5.92 Å². The Morgan fingerprint density at radius 3 is 2.50 bits per heavy atom. The minimum atomic E-state index is -0.0529. The normalized spacial score (nSPS) is 24.5. The van der Waals surface area contributed by atoms with E-state index in [0.717, 1.165) is 52.2 Å². The van der Waals surface area contributed by atoms with E-state index < -0.39 is 0 Å². The van der Waals surface area contributed by atoms with Gasteiger partial charge in [-0.05, 0) is 32.7 Å². The van der Waals surface area contributed by atoms with Gasteiger partial charge in [0, 0.05) is 45.4 Å². The molecule has 2 fully saturated rings. The van der Waals surface area contributed by atoms with Gasteiger partial charge in [0.15, 0.2) is 0 Å². The lowest BCUT2D eigenvalue weighted by atomic mass is 9.88. The number of carbonyl (C=O) groups excluding carboxylic acids is 1. The number of esters is 1. The van der Waals surface area contributed by atoms with E-state index in [1.807, 2.05) is 6.92 Å². The number of nitrogens with zero attached hydrogens (tertiary/aromatic N) is 2. The van der Waals surface area contributed by atoms with Gasteiger partial charge in [0.1, 0.15) is 0 Å². The van der Waals surface area contributed by atoms with Gasteiger partial charge in [-0.25, -0.2) is 0 Å². The third-order valence-corrected chi connectivity index (χ3v) is 4.50. The number of hydrogen-bond acceptors (Lipinski definition) is 5. The zero-order valence-corrected chi connectivity index (χ0v) is 12.8. The van der Waals surface area contributed by atoms with E-state index in [2.05, 4.69) is 16.8 Å². The number of likely N-dealkylation sites (N-methyl/N-ethyl adjacent to an activating group) is 1. The zero-order chi connectivity index (χ0) is 14.4. The summed E-state index contributed by atoms with van der Waals surface area (Å²) in [5, 5.41) is 0. The molecule has 2 saturated heterocycles. The molecule has 0 aromatic rings. The van der Waals surface area contributed by atoms with Crippen molar-refractivity contribution in [2.24, 2.45) is 5.92 Å². The Hall–Kier alpha value is -0.650. The Morgan fingerprint density at radius 2 is 1.90 bits per heavy atom. The number of carbonyl (C=O) groups is 1. The smallest absolute Gasteiger partial charge is 0.307 e. The standard InChI is InChI=1S/C15H28N2O3/c1-3-20-15(18)12-14(13-4-10-19-11-5-13)17-8-6-16(2)7-9-17/h13-14H,3-12H2,1-2H3. The Labute approximate surface area is 122 Å². The van der Waals surface area contributed by atoms with Crippen LogP contribution in [0.4, 0.5) is 0 Å². The van der Waals surface area contributed by atoms with Crippen LogP contribution in [-0.4, -0.2) is 74.9 Å². The van der Waals surface area contributed by atoms with E-state index in [1.54, 1.807) is 0 Å². The highest BCUT2D eigenvalue weighted by atomic mass is 16.5. The van der Waals surface area contributed by atoms with Crippen molar-refractivity contribution in [1.29, 1.82) is 0 Å². The van der Waals surface area contributed by atoms with Crippen molar-refractivity contribution in [3.63, 3.8) is 0 Å². The summed E-state index contributed by atoms with van der Waals surface area (Å²) in [6.45, 7) is 8.29. The summed E-state index contributed by atoms with van der Waals surface area (Å²) >= 11 is 0. The van der Waals surface area contributed by atoms with Crippen molar-refractivity contribution in [2.45, 2.75) is 32.2 Å². The molecule has 0 radical (unpaired) electrons. The van der Waals surface area contributed by atoms with Crippen LogP contribution in [-0.2, 0) is 14.3 Å². The Balaban J connectivity index is 1.96. The molecular formula is C15H28N2O3. The average Bonchev–Trinajstić information content (AvgIpc) is 2.47. The maximum Gasteiger partial charge on any atom is 0.307 e. The van der Waals surface area contributed by atoms with E-state index in [4.69, 9.17) is 9.47 Å². The van der Waals surface area contributed by atoms with E-state index in [1.165, 1.54) is 0 Å². The highest BCUT2D eigenvalue weighted by molar-refractivity contribution is 5.70. The molecule has 2 rings (SSSR count). The molecule has 0 bridgehead atoms. The first kappa shape index (κ1) is 15.7. The summed E-state index contributed by atoms with van der Waals surface area (Å²) in [4.78, 5) is 16.8. The van der Waals surface area contributed by atoms with Gasteiger partial charge < -0.3 is 14.4 Å². The summed E-state index contributed by atoms with van der Waals surface area (Å²) in [7, 11) is 2.16. The van der Waals surface area contributed by atoms with Crippen molar-refractivity contribution < 1.29 is 14.3 Å². The molecule has 1 atom stereocenters. The van der Waals surface area contributed by atoms with Gasteiger partial charge in [0.25, 0.3) is 0 Å². The average molecular weight is 284 g/mol. The summed E-state index contributed by atoms with van der Waals surface area (Å²) in [5.74, 6) is 0.513. The second-order valence-electron chi connectivity index (χ2n) is 5.87. The molecule has 0 aliphatic carbocycles. The molecule has 0 aromatic heterocycles.